The van der Waals surface area contributed by atoms with Crippen molar-refractivity contribution in [1.29, 1.82) is 0 Å². The second-order valence-electron chi connectivity index (χ2n) is 22.0. The molecule has 2 unspecified atom stereocenters. The molecule has 0 radical (unpaired) electrons. The van der Waals surface area contributed by atoms with Gasteiger partial charge in [-0.15, -0.1) is 0 Å². The van der Waals surface area contributed by atoms with Crippen LogP contribution in [0.5, 0.6) is 0 Å². The van der Waals surface area contributed by atoms with E-state index in [9.17, 15) is 0 Å². The Balaban J connectivity index is 0.000000181. The Bertz CT molecular complexity index is 2810. The number of benzene rings is 4. The fourth-order valence-corrected chi connectivity index (χ4v) is 13.4. The van der Waals surface area contributed by atoms with Crippen LogP contribution in [0, 0.1) is 17.6 Å². The monoisotopic (exact) mass is 1010 g/mol. The van der Waals surface area contributed by atoms with Crippen LogP contribution in [0.3, 0.4) is 0 Å². The van der Waals surface area contributed by atoms with Gasteiger partial charge in [-0.05, 0) is 160 Å². The van der Waals surface area contributed by atoms with Crippen LogP contribution in [-0.4, -0.2) is 70.9 Å². The molecule has 4 aromatic carbocycles. The number of nitrogens with zero attached hydrogens (tertiary/aromatic N) is 5. The number of rotatable bonds is 11. The third-order valence-corrected chi connectivity index (χ3v) is 17.9. The average Bonchev–Trinajstić information content (AvgIpc) is 3.87. The van der Waals surface area contributed by atoms with Crippen molar-refractivity contribution in [2.45, 2.75) is 134 Å². The summed E-state index contributed by atoms with van der Waals surface area (Å²) in [6.07, 6.45) is 16.6. The molecule has 11 heteroatoms. The molecule has 5 aromatic rings. The Morgan fingerprint density at radius 3 is 2.27 bits per heavy atom. The van der Waals surface area contributed by atoms with E-state index in [1.165, 1.54) is 99.6 Å². The van der Waals surface area contributed by atoms with Gasteiger partial charge in [0, 0.05) is 90.6 Å². The van der Waals surface area contributed by atoms with Crippen LogP contribution in [0.1, 0.15) is 137 Å². The Morgan fingerprint density at radius 1 is 0.904 bits per heavy atom. The normalized spacial score (nSPS) is 23.4. The molecule has 4 N–H and O–H groups in total. The smallest absolute Gasteiger partial charge is 0.164 e. The van der Waals surface area contributed by atoms with E-state index in [0.717, 1.165) is 72.8 Å². The molecule has 0 spiro atoms. The summed E-state index contributed by atoms with van der Waals surface area (Å²) < 4.78 is 33.7. The minimum atomic E-state index is -0.536. The lowest BCUT2D eigenvalue weighted by Crippen LogP contribution is -2.45. The van der Waals surface area contributed by atoms with Gasteiger partial charge in [0.2, 0.25) is 0 Å². The van der Waals surface area contributed by atoms with Crippen LogP contribution in [0.2, 0.25) is 5.02 Å². The average molecular weight is 1010 g/mol. The van der Waals surface area contributed by atoms with Gasteiger partial charge in [0.1, 0.15) is 17.5 Å². The minimum Gasteiger partial charge on any atom is -0.399 e. The first-order chi connectivity index (χ1) is 35.2. The molecular weight excluding hydrogens is 930 g/mol. The number of likely N-dealkylation sites (tertiary alicyclic amines) is 2. The van der Waals surface area contributed by atoms with E-state index in [1.807, 2.05) is 23.9 Å². The summed E-state index contributed by atoms with van der Waals surface area (Å²) >= 11 is 6.74. The maximum absolute atomic E-state index is 16.1. The molecule has 0 amide bonds. The molecule has 4 heterocycles. The van der Waals surface area contributed by atoms with Gasteiger partial charge in [0.15, 0.2) is 5.82 Å². The number of nitrogens with one attached hydrogen (secondary N) is 2. The van der Waals surface area contributed by atoms with Gasteiger partial charge in [-0.25, -0.2) is 8.78 Å². The highest BCUT2D eigenvalue weighted by Gasteiger charge is 2.48. The van der Waals surface area contributed by atoms with Crippen molar-refractivity contribution in [3.63, 3.8) is 0 Å². The molecule has 10 rings (SSSR count). The van der Waals surface area contributed by atoms with E-state index in [2.05, 4.69) is 115 Å². The van der Waals surface area contributed by atoms with Crippen molar-refractivity contribution in [3.8, 4) is 11.1 Å². The summed E-state index contributed by atoms with van der Waals surface area (Å²) in [5.74, 6) is 2.26. The lowest BCUT2D eigenvalue weighted by molar-refractivity contribution is 0.123. The summed E-state index contributed by atoms with van der Waals surface area (Å²) in [4.78, 5) is 7.35. The number of piperidine rings is 1. The van der Waals surface area contributed by atoms with Crippen LogP contribution in [0.15, 0.2) is 111 Å². The minimum absolute atomic E-state index is 0.0541. The standard InChI is InChI=1S/C34H39ClF2N2.C28H40N6/c1-5-23-13-16-27(22(4)38)30(33(23)37)31-29-21(3)34(25-9-7-6-8-10-25,18-24(29)17-28(36)32(31)35)19-39-26-14-11-20(2)12-15-26;1-5-32-15-6-8-25(9-7-16-32)33-17-13-23(14-18-33)24-10-11-26-27(20-24)31(4)30-28(26)34-19-12-21(2)29-22(34)3/h6-10,13,16-17,20-21,26,39H,4-5,11-12,14-15,18-19,38H2,1-3H3;5,10-11,20,23,25,29H,1-3,6-9,12-19H2,4H3. The molecule has 3 saturated heterocycles. The van der Waals surface area contributed by atoms with Gasteiger partial charge >= 0.3 is 0 Å². The zero-order chi connectivity index (χ0) is 51.6. The Labute approximate surface area is 439 Å². The Kier molecular flexibility index (Phi) is 16.2. The number of hydrogen-bond acceptors (Lipinski definition) is 7. The Hall–Kier alpha value is -5.42. The summed E-state index contributed by atoms with van der Waals surface area (Å²) in [5, 5.41) is 13.2. The highest BCUT2D eigenvalue weighted by molar-refractivity contribution is 6.34. The maximum Gasteiger partial charge on any atom is 0.164 e. The fourth-order valence-electron chi connectivity index (χ4n) is 13.1. The SMILES string of the molecule is C=C(N)c1ccc(CC)c(F)c1-c1c(Cl)c(F)cc2c1C(C)C(CNC1CCC(C)CC1)(c1ccccc1)C2.C=CN1CCCC(N2CCC(c3ccc4c(N5CCC(=C)NC5=C)nn(C)c4c3)CC2)CCC1. The molecule has 73 heavy (non-hydrogen) atoms. The number of hydrogen-bond donors (Lipinski definition) is 3. The van der Waals surface area contributed by atoms with Gasteiger partial charge in [-0.1, -0.05) is 107 Å². The van der Waals surface area contributed by atoms with Crippen molar-refractivity contribution >= 4 is 34.0 Å². The molecule has 2 atom stereocenters. The second kappa shape index (κ2) is 22.6. The summed E-state index contributed by atoms with van der Waals surface area (Å²) in [5.41, 5.74) is 14.4. The summed E-state index contributed by atoms with van der Waals surface area (Å²) in [7, 11) is 2.05. The first kappa shape index (κ1) is 52.4. The van der Waals surface area contributed by atoms with E-state index in [-0.39, 0.29) is 27.6 Å². The number of aromatic nitrogens is 2. The van der Waals surface area contributed by atoms with E-state index in [0.29, 0.717) is 41.5 Å². The zero-order valence-corrected chi connectivity index (χ0v) is 44.8. The molecule has 4 fully saturated rings. The number of fused-ring (bicyclic) bond motifs is 2. The van der Waals surface area contributed by atoms with Crippen LogP contribution in [0.4, 0.5) is 14.6 Å². The lowest BCUT2D eigenvalue weighted by Gasteiger charge is -2.39. The van der Waals surface area contributed by atoms with Crippen LogP contribution in [0.25, 0.3) is 27.7 Å². The van der Waals surface area contributed by atoms with E-state index >= 15 is 8.78 Å². The highest BCUT2D eigenvalue weighted by atomic mass is 35.5. The molecule has 1 aromatic heterocycles. The highest BCUT2D eigenvalue weighted by Crippen LogP contribution is 2.55. The molecule has 1 saturated carbocycles. The molecule has 8 nitrogen and oxygen atoms in total. The molecule has 0 bridgehead atoms. The second-order valence-corrected chi connectivity index (χ2v) is 22.4. The van der Waals surface area contributed by atoms with Crippen molar-refractivity contribution in [1.82, 2.24) is 30.2 Å². The van der Waals surface area contributed by atoms with Crippen LogP contribution in [-0.2, 0) is 25.3 Å². The largest absolute Gasteiger partial charge is 0.399 e. The zero-order valence-electron chi connectivity index (χ0n) is 44.0. The molecule has 5 aliphatic rings. The van der Waals surface area contributed by atoms with E-state index in [1.54, 1.807) is 18.2 Å². The van der Waals surface area contributed by atoms with E-state index in [4.69, 9.17) is 22.4 Å². The predicted molar refractivity (Wildman–Crippen MR) is 301 cm³/mol. The number of aryl methyl sites for hydroxylation is 2. The van der Waals surface area contributed by atoms with Gasteiger partial charge < -0.3 is 31.1 Å². The van der Waals surface area contributed by atoms with Gasteiger partial charge in [-0.3, -0.25) is 4.68 Å². The van der Waals surface area contributed by atoms with Crippen molar-refractivity contribution in [2.24, 2.45) is 18.7 Å². The summed E-state index contributed by atoms with van der Waals surface area (Å²) in [6.45, 7) is 28.9. The summed E-state index contributed by atoms with van der Waals surface area (Å²) in [6, 6.07) is 23.8. The predicted octanol–water partition coefficient (Wildman–Crippen LogP) is 13.5. The molecule has 388 valence electrons. The Morgan fingerprint density at radius 2 is 1.62 bits per heavy atom. The third-order valence-electron chi connectivity index (χ3n) is 17.5. The third kappa shape index (κ3) is 10.8. The van der Waals surface area contributed by atoms with Crippen LogP contribution >= 0.6 is 11.6 Å². The number of halogens is 3. The topological polar surface area (TPSA) is 77.6 Å². The maximum atomic E-state index is 16.1. The number of anilines is 1. The lowest BCUT2D eigenvalue weighted by atomic mass is 9.70. The molecular formula is C62H79ClF2N8. The van der Waals surface area contributed by atoms with Gasteiger partial charge in [-0.2, -0.15) is 5.10 Å². The van der Waals surface area contributed by atoms with E-state index < -0.39 is 11.6 Å². The van der Waals surface area contributed by atoms with Crippen molar-refractivity contribution in [3.05, 3.63) is 161 Å². The van der Waals surface area contributed by atoms with Crippen LogP contribution < -0.4 is 21.3 Å². The quantitative estimate of drug-likeness (QED) is 0.122. The van der Waals surface area contributed by atoms with Crippen molar-refractivity contribution < 1.29 is 8.78 Å². The van der Waals surface area contributed by atoms with Gasteiger partial charge in [0.25, 0.3) is 0 Å². The first-order valence-corrected chi connectivity index (χ1v) is 27.6. The first-order valence-electron chi connectivity index (χ1n) is 27.3. The fraction of sp³-hybridized carbons (Fsp3) is 0.468. The van der Waals surface area contributed by atoms with Crippen molar-refractivity contribution in [2.75, 3.05) is 44.2 Å². The van der Waals surface area contributed by atoms with Gasteiger partial charge in [0.05, 0.1) is 10.5 Å². The molecule has 3 aliphatic heterocycles. The number of nitrogens with two attached hydrogens (primary N) is 1. The molecule has 2 aliphatic carbocycles.